The summed E-state index contributed by atoms with van der Waals surface area (Å²) in [6, 6.07) is 8.36. The Kier molecular flexibility index (Phi) is 4.47. The maximum atomic E-state index is 4.39. The maximum Gasteiger partial charge on any atom is 0.159 e. The van der Waals surface area contributed by atoms with E-state index in [0.717, 1.165) is 37.3 Å². The van der Waals surface area contributed by atoms with Gasteiger partial charge in [0.05, 0.1) is 6.20 Å². The van der Waals surface area contributed by atoms with Gasteiger partial charge in [0.25, 0.3) is 0 Å². The molecule has 0 spiro atoms. The highest BCUT2D eigenvalue weighted by Crippen LogP contribution is 2.23. The molecule has 0 aliphatic carbocycles. The van der Waals surface area contributed by atoms with Crippen molar-refractivity contribution in [1.29, 1.82) is 0 Å². The molecule has 3 rings (SSSR count). The van der Waals surface area contributed by atoms with Gasteiger partial charge in [0.15, 0.2) is 5.82 Å². The van der Waals surface area contributed by atoms with Crippen molar-refractivity contribution in [2.45, 2.75) is 6.42 Å². The second-order valence-electron chi connectivity index (χ2n) is 5.13. The molecule has 2 aromatic rings. The van der Waals surface area contributed by atoms with Gasteiger partial charge >= 0.3 is 0 Å². The number of fused-ring (bicyclic) bond motifs is 1. The molecule has 1 aromatic carbocycles. The number of halogens is 1. The highest BCUT2D eigenvalue weighted by Gasteiger charge is 2.17. The first-order chi connectivity index (χ1) is 9.88. The van der Waals surface area contributed by atoms with E-state index in [1.807, 2.05) is 12.3 Å². The summed E-state index contributed by atoms with van der Waals surface area (Å²) in [6.07, 6.45) is 3.02. The summed E-state index contributed by atoms with van der Waals surface area (Å²) in [4.78, 5) is 4.89. The standard InChI is InChI=1S/C15H19BrN4/c16-6-9-19-7-3-8-20(11-10-19)15-14-5-2-1-4-13(14)12-17-18-15/h1-2,4-5,12H,3,6-11H2. The predicted octanol–water partition coefficient (Wildman–Crippen LogP) is 2.54. The van der Waals surface area contributed by atoms with Crippen molar-refractivity contribution < 1.29 is 0 Å². The number of nitrogens with zero attached hydrogens (tertiary/aromatic N) is 4. The van der Waals surface area contributed by atoms with Gasteiger partial charge in [0.2, 0.25) is 0 Å². The molecule has 1 fully saturated rings. The van der Waals surface area contributed by atoms with E-state index in [1.165, 1.54) is 23.7 Å². The Bertz CT molecular complexity index is 569. The molecule has 1 aliphatic rings. The molecule has 0 atom stereocenters. The van der Waals surface area contributed by atoms with Crippen molar-refractivity contribution in [3.8, 4) is 0 Å². The van der Waals surface area contributed by atoms with Gasteiger partial charge in [-0.15, -0.1) is 5.10 Å². The molecule has 0 saturated carbocycles. The van der Waals surface area contributed by atoms with Crippen LogP contribution in [0.1, 0.15) is 6.42 Å². The third kappa shape index (κ3) is 2.94. The molecule has 2 heterocycles. The molecule has 20 heavy (non-hydrogen) atoms. The van der Waals surface area contributed by atoms with Gasteiger partial charge < -0.3 is 9.80 Å². The van der Waals surface area contributed by atoms with Crippen LogP contribution in [-0.4, -0.2) is 53.2 Å². The van der Waals surface area contributed by atoms with E-state index < -0.39 is 0 Å². The zero-order valence-corrected chi connectivity index (χ0v) is 13.1. The first-order valence-corrected chi connectivity index (χ1v) is 8.24. The number of alkyl halides is 1. The lowest BCUT2D eigenvalue weighted by Crippen LogP contribution is -2.32. The van der Waals surface area contributed by atoms with Gasteiger partial charge in [-0.05, 0) is 13.0 Å². The van der Waals surface area contributed by atoms with E-state index in [4.69, 9.17) is 0 Å². The summed E-state index contributed by atoms with van der Waals surface area (Å²) in [5.74, 6) is 1.03. The number of benzene rings is 1. The van der Waals surface area contributed by atoms with Gasteiger partial charge in [0, 0.05) is 42.3 Å². The minimum atomic E-state index is 1.02. The topological polar surface area (TPSA) is 32.3 Å². The van der Waals surface area contributed by atoms with Crippen LogP contribution < -0.4 is 4.90 Å². The quantitative estimate of drug-likeness (QED) is 0.807. The van der Waals surface area contributed by atoms with Crippen LogP contribution in [0.25, 0.3) is 10.8 Å². The van der Waals surface area contributed by atoms with Crippen LogP contribution in [0.4, 0.5) is 5.82 Å². The molecule has 1 saturated heterocycles. The Hall–Kier alpha value is -1.20. The molecule has 106 valence electrons. The van der Waals surface area contributed by atoms with E-state index in [2.05, 4.69) is 54.1 Å². The van der Waals surface area contributed by atoms with Gasteiger partial charge in [-0.3, -0.25) is 0 Å². The summed E-state index contributed by atoms with van der Waals surface area (Å²) in [5, 5.41) is 12.0. The van der Waals surface area contributed by atoms with Gasteiger partial charge in [-0.2, -0.15) is 5.10 Å². The highest BCUT2D eigenvalue weighted by atomic mass is 79.9. The molecule has 0 N–H and O–H groups in total. The zero-order valence-electron chi connectivity index (χ0n) is 11.5. The van der Waals surface area contributed by atoms with Crippen LogP contribution in [0, 0.1) is 0 Å². The fraction of sp³-hybridized carbons (Fsp3) is 0.467. The smallest absolute Gasteiger partial charge is 0.159 e. The SMILES string of the molecule is BrCCN1CCCN(c2nncc3ccccc23)CC1. The Morgan fingerprint density at radius 2 is 2.00 bits per heavy atom. The lowest BCUT2D eigenvalue weighted by atomic mass is 10.2. The monoisotopic (exact) mass is 334 g/mol. The Morgan fingerprint density at radius 3 is 2.90 bits per heavy atom. The lowest BCUT2D eigenvalue weighted by Gasteiger charge is -2.23. The minimum Gasteiger partial charge on any atom is -0.353 e. The van der Waals surface area contributed by atoms with Crippen LogP contribution in [0.5, 0.6) is 0 Å². The van der Waals surface area contributed by atoms with Gasteiger partial charge in [0.1, 0.15) is 0 Å². The average Bonchev–Trinajstić information content (AvgIpc) is 2.73. The number of anilines is 1. The van der Waals surface area contributed by atoms with Crippen LogP contribution in [0.15, 0.2) is 30.5 Å². The van der Waals surface area contributed by atoms with Crippen molar-refractivity contribution in [3.63, 3.8) is 0 Å². The molecular weight excluding hydrogens is 316 g/mol. The van der Waals surface area contributed by atoms with E-state index in [-0.39, 0.29) is 0 Å². The predicted molar refractivity (Wildman–Crippen MR) is 86.6 cm³/mol. The highest BCUT2D eigenvalue weighted by molar-refractivity contribution is 9.09. The lowest BCUT2D eigenvalue weighted by molar-refractivity contribution is 0.313. The third-order valence-corrected chi connectivity index (χ3v) is 4.19. The zero-order chi connectivity index (χ0) is 13.8. The van der Waals surface area contributed by atoms with Crippen LogP contribution in [0.3, 0.4) is 0 Å². The first kappa shape index (κ1) is 13.8. The molecule has 1 aromatic heterocycles. The largest absolute Gasteiger partial charge is 0.353 e. The van der Waals surface area contributed by atoms with Crippen LogP contribution in [0.2, 0.25) is 0 Å². The third-order valence-electron chi connectivity index (χ3n) is 3.84. The van der Waals surface area contributed by atoms with Gasteiger partial charge in [-0.1, -0.05) is 40.2 Å². The second kappa shape index (κ2) is 6.50. The molecule has 0 radical (unpaired) electrons. The van der Waals surface area contributed by atoms with Gasteiger partial charge in [-0.25, -0.2) is 0 Å². The minimum absolute atomic E-state index is 1.02. The fourth-order valence-corrected chi connectivity index (χ4v) is 3.27. The van der Waals surface area contributed by atoms with E-state index in [1.54, 1.807) is 0 Å². The normalized spacial score (nSPS) is 17.4. The fourth-order valence-electron chi connectivity index (χ4n) is 2.77. The molecule has 0 amide bonds. The Labute approximate surface area is 127 Å². The molecule has 1 aliphatic heterocycles. The van der Waals surface area contributed by atoms with Crippen molar-refractivity contribution in [2.75, 3.05) is 43.0 Å². The van der Waals surface area contributed by atoms with Crippen LogP contribution >= 0.6 is 15.9 Å². The summed E-state index contributed by atoms with van der Waals surface area (Å²) in [6.45, 7) is 5.46. The van der Waals surface area contributed by atoms with E-state index >= 15 is 0 Å². The van der Waals surface area contributed by atoms with Crippen molar-refractivity contribution in [1.82, 2.24) is 15.1 Å². The number of hydrogen-bond donors (Lipinski definition) is 0. The summed E-state index contributed by atoms with van der Waals surface area (Å²) >= 11 is 3.53. The Balaban J connectivity index is 1.84. The van der Waals surface area contributed by atoms with E-state index in [0.29, 0.717) is 0 Å². The molecule has 0 bridgehead atoms. The number of rotatable bonds is 3. The summed E-state index contributed by atoms with van der Waals surface area (Å²) in [5.41, 5.74) is 0. The second-order valence-corrected chi connectivity index (χ2v) is 5.92. The first-order valence-electron chi connectivity index (χ1n) is 7.12. The van der Waals surface area contributed by atoms with Crippen molar-refractivity contribution in [3.05, 3.63) is 30.5 Å². The summed E-state index contributed by atoms with van der Waals surface area (Å²) < 4.78 is 0. The number of hydrogen-bond acceptors (Lipinski definition) is 4. The van der Waals surface area contributed by atoms with Crippen molar-refractivity contribution >= 4 is 32.5 Å². The number of aromatic nitrogens is 2. The molecule has 5 heteroatoms. The van der Waals surface area contributed by atoms with Crippen molar-refractivity contribution in [2.24, 2.45) is 0 Å². The van der Waals surface area contributed by atoms with E-state index in [9.17, 15) is 0 Å². The Morgan fingerprint density at radius 1 is 1.10 bits per heavy atom. The average molecular weight is 335 g/mol. The summed E-state index contributed by atoms with van der Waals surface area (Å²) in [7, 11) is 0. The molecule has 0 unspecified atom stereocenters. The maximum absolute atomic E-state index is 4.39. The molecular formula is C15H19BrN4. The molecule has 4 nitrogen and oxygen atoms in total. The van der Waals surface area contributed by atoms with Crippen LogP contribution in [-0.2, 0) is 0 Å².